The molecule has 0 saturated carbocycles. The van der Waals surface area contributed by atoms with Crippen molar-refractivity contribution in [3.05, 3.63) is 24.3 Å². The molecule has 2 aliphatic heterocycles. The van der Waals surface area contributed by atoms with Crippen LogP contribution in [0.25, 0.3) is 11.4 Å². The third-order valence-electron chi connectivity index (χ3n) is 6.02. The first kappa shape index (κ1) is 21.0. The highest BCUT2D eigenvalue weighted by Crippen LogP contribution is 2.26. The number of likely N-dealkylation sites (tertiary alicyclic amines) is 1. The lowest BCUT2D eigenvalue weighted by Gasteiger charge is -2.30. The molecule has 1 aromatic heterocycles. The molecule has 2 saturated heterocycles. The summed E-state index contributed by atoms with van der Waals surface area (Å²) in [5.74, 6) is 1.45. The Bertz CT molecular complexity index is 907. The minimum absolute atomic E-state index is 0.0397. The number of hydrogen-bond donors (Lipinski definition) is 2. The van der Waals surface area contributed by atoms with E-state index >= 15 is 0 Å². The summed E-state index contributed by atoms with van der Waals surface area (Å²) >= 11 is 0. The van der Waals surface area contributed by atoms with Crippen molar-refractivity contribution in [3.8, 4) is 17.1 Å². The number of carboxylic acid groups (broad SMARTS) is 1. The highest BCUT2D eigenvalue weighted by Gasteiger charge is 2.30. The van der Waals surface area contributed by atoms with Crippen LogP contribution in [-0.2, 0) is 4.79 Å². The third kappa shape index (κ3) is 4.89. The van der Waals surface area contributed by atoms with Crippen LogP contribution in [0.2, 0.25) is 0 Å². The summed E-state index contributed by atoms with van der Waals surface area (Å²) in [6.07, 6.45) is 1.31. The maximum atomic E-state index is 12.5. The molecular weight excluding hydrogens is 402 g/mol. The van der Waals surface area contributed by atoms with E-state index in [-0.39, 0.29) is 17.7 Å². The normalized spacial score (nSPS) is 19.5. The summed E-state index contributed by atoms with van der Waals surface area (Å²) in [5, 5.41) is 16.1. The average Bonchev–Trinajstić information content (AvgIpc) is 3.48. The topological polar surface area (TPSA) is 121 Å². The molecule has 0 aliphatic carbocycles. The molecule has 10 nitrogen and oxygen atoms in total. The Morgan fingerprint density at radius 2 is 1.94 bits per heavy atom. The lowest BCUT2D eigenvalue weighted by molar-refractivity contribution is -0.125. The standard InChI is InChI=1S/C21H27N5O5/c1-30-17-4-2-15(3-5-17)18-23-20(31-24-18)25-10-7-16(8-11-25)19(27)22-12-14-6-9-26(13-14)21(28)29/h2-5,14,16H,6-13H2,1H3,(H,22,27)(H,28,29)/t14-/m1/s1. The molecule has 0 spiro atoms. The van der Waals surface area contributed by atoms with E-state index in [9.17, 15) is 9.59 Å². The summed E-state index contributed by atoms with van der Waals surface area (Å²) in [4.78, 5) is 31.4. The molecule has 10 heteroatoms. The van der Waals surface area contributed by atoms with Crippen molar-refractivity contribution in [3.63, 3.8) is 0 Å². The van der Waals surface area contributed by atoms with E-state index in [0.29, 0.717) is 57.4 Å². The first-order chi connectivity index (χ1) is 15.0. The van der Waals surface area contributed by atoms with E-state index < -0.39 is 6.09 Å². The second kappa shape index (κ2) is 9.23. The zero-order valence-corrected chi connectivity index (χ0v) is 17.5. The van der Waals surface area contributed by atoms with Gasteiger partial charge in [-0.2, -0.15) is 4.98 Å². The van der Waals surface area contributed by atoms with Gasteiger partial charge in [-0.25, -0.2) is 4.79 Å². The smallest absolute Gasteiger partial charge is 0.407 e. The molecule has 2 amide bonds. The number of carbonyl (C=O) groups excluding carboxylic acids is 1. The molecule has 1 atom stereocenters. The number of ether oxygens (including phenoxy) is 1. The first-order valence-corrected chi connectivity index (χ1v) is 10.5. The highest BCUT2D eigenvalue weighted by atomic mass is 16.5. The zero-order chi connectivity index (χ0) is 21.8. The number of aromatic nitrogens is 2. The van der Waals surface area contributed by atoms with Gasteiger partial charge >= 0.3 is 12.1 Å². The van der Waals surface area contributed by atoms with Gasteiger partial charge in [0.1, 0.15) is 5.75 Å². The lowest BCUT2D eigenvalue weighted by atomic mass is 9.96. The molecule has 1 aromatic carbocycles. The van der Waals surface area contributed by atoms with Gasteiger partial charge in [-0.3, -0.25) is 4.79 Å². The number of hydrogen-bond acceptors (Lipinski definition) is 7. The van der Waals surface area contributed by atoms with Gasteiger partial charge in [-0.1, -0.05) is 5.16 Å². The summed E-state index contributed by atoms with van der Waals surface area (Å²) in [5.41, 5.74) is 0.846. The van der Waals surface area contributed by atoms with Crippen LogP contribution in [0.15, 0.2) is 28.8 Å². The lowest BCUT2D eigenvalue weighted by Crippen LogP contribution is -2.42. The largest absolute Gasteiger partial charge is 0.497 e. The average molecular weight is 429 g/mol. The molecule has 2 aromatic rings. The van der Waals surface area contributed by atoms with Gasteiger partial charge < -0.3 is 29.5 Å². The van der Waals surface area contributed by atoms with Gasteiger partial charge in [0.2, 0.25) is 11.7 Å². The quantitative estimate of drug-likeness (QED) is 0.716. The van der Waals surface area contributed by atoms with Crippen LogP contribution in [0.1, 0.15) is 19.3 Å². The van der Waals surface area contributed by atoms with Crippen LogP contribution in [0.4, 0.5) is 10.8 Å². The molecule has 0 unspecified atom stereocenters. The van der Waals surface area contributed by atoms with E-state index in [1.165, 1.54) is 4.90 Å². The minimum Gasteiger partial charge on any atom is -0.497 e. The molecule has 0 bridgehead atoms. The number of piperidine rings is 1. The van der Waals surface area contributed by atoms with Gasteiger partial charge in [-0.15, -0.1) is 0 Å². The number of nitrogens with one attached hydrogen (secondary N) is 1. The van der Waals surface area contributed by atoms with Crippen LogP contribution in [0, 0.1) is 11.8 Å². The summed E-state index contributed by atoms with van der Waals surface area (Å²) in [7, 11) is 1.62. The molecule has 2 fully saturated rings. The SMILES string of the molecule is COc1ccc(-c2noc(N3CCC(C(=O)NC[C@H]4CCN(C(=O)O)C4)CC3)n2)cc1. The van der Waals surface area contributed by atoms with Crippen molar-refractivity contribution >= 4 is 18.0 Å². The Labute approximate surface area is 180 Å². The molecule has 31 heavy (non-hydrogen) atoms. The van der Waals surface area contributed by atoms with E-state index in [1.807, 2.05) is 29.2 Å². The Hall–Kier alpha value is -3.30. The predicted molar refractivity (Wildman–Crippen MR) is 112 cm³/mol. The minimum atomic E-state index is -0.891. The number of methoxy groups -OCH3 is 1. The number of amides is 2. The molecule has 3 heterocycles. The Morgan fingerprint density at radius 1 is 1.19 bits per heavy atom. The van der Waals surface area contributed by atoms with Crippen LogP contribution in [0.3, 0.4) is 0 Å². The molecule has 166 valence electrons. The van der Waals surface area contributed by atoms with Gasteiger partial charge in [0.05, 0.1) is 7.11 Å². The van der Waals surface area contributed by atoms with Crippen molar-refractivity contribution < 1.29 is 24.0 Å². The van der Waals surface area contributed by atoms with E-state index in [2.05, 4.69) is 15.5 Å². The van der Waals surface area contributed by atoms with Crippen molar-refractivity contribution in [1.82, 2.24) is 20.4 Å². The van der Waals surface area contributed by atoms with Crippen molar-refractivity contribution in [2.75, 3.05) is 44.7 Å². The van der Waals surface area contributed by atoms with Crippen molar-refractivity contribution in [2.45, 2.75) is 19.3 Å². The number of rotatable bonds is 6. The fraction of sp³-hybridized carbons (Fsp3) is 0.524. The zero-order valence-electron chi connectivity index (χ0n) is 17.5. The second-order valence-corrected chi connectivity index (χ2v) is 8.02. The number of carbonyl (C=O) groups is 2. The maximum absolute atomic E-state index is 12.5. The van der Waals surface area contributed by atoms with Crippen LogP contribution >= 0.6 is 0 Å². The summed E-state index contributed by atoms with van der Waals surface area (Å²) in [6, 6.07) is 7.92. The van der Waals surface area contributed by atoms with Crippen LogP contribution in [0.5, 0.6) is 5.75 Å². The first-order valence-electron chi connectivity index (χ1n) is 10.5. The van der Waals surface area contributed by atoms with Gasteiger partial charge in [0, 0.05) is 44.2 Å². The predicted octanol–water partition coefficient (Wildman–Crippen LogP) is 2.08. The molecular formula is C21H27N5O5. The fourth-order valence-corrected chi connectivity index (χ4v) is 4.10. The van der Waals surface area contributed by atoms with Gasteiger partial charge in [-0.05, 0) is 49.4 Å². The number of anilines is 1. The Kier molecular flexibility index (Phi) is 6.24. The van der Waals surface area contributed by atoms with Gasteiger partial charge in [0.25, 0.3) is 0 Å². The van der Waals surface area contributed by atoms with E-state index in [4.69, 9.17) is 14.4 Å². The van der Waals surface area contributed by atoms with E-state index in [1.54, 1.807) is 7.11 Å². The monoisotopic (exact) mass is 429 g/mol. The highest BCUT2D eigenvalue weighted by molar-refractivity contribution is 5.79. The van der Waals surface area contributed by atoms with Crippen molar-refractivity contribution in [1.29, 1.82) is 0 Å². The molecule has 4 rings (SSSR count). The Balaban J connectivity index is 1.24. The van der Waals surface area contributed by atoms with Crippen LogP contribution in [-0.4, -0.2) is 72.0 Å². The van der Waals surface area contributed by atoms with Gasteiger partial charge in [0.15, 0.2) is 0 Å². The summed E-state index contributed by atoms with van der Waals surface area (Å²) < 4.78 is 10.6. The Morgan fingerprint density at radius 3 is 2.58 bits per heavy atom. The maximum Gasteiger partial charge on any atom is 0.407 e. The third-order valence-corrected chi connectivity index (χ3v) is 6.02. The molecule has 0 radical (unpaired) electrons. The second-order valence-electron chi connectivity index (χ2n) is 8.02. The van der Waals surface area contributed by atoms with Crippen molar-refractivity contribution in [2.24, 2.45) is 11.8 Å². The van der Waals surface area contributed by atoms with Crippen LogP contribution < -0.4 is 15.0 Å². The number of benzene rings is 1. The summed E-state index contributed by atoms with van der Waals surface area (Å²) in [6.45, 7) is 2.88. The van der Waals surface area contributed by atoms with E-state index in [0.717, 1.165) is 17.7 Å². The molecule has 2 N–H and O–H groups in total. The number of nitrogens with zero attached hydrogens (tertiary/aromatic N) is 4. The molecule has 2 aliphatic rings. The fourth-order valence-electron chi connectivity index (χ4n) is 4.10.